The zero-order chi connectivity index (χ0) is 14.4. The van der Waals surface area contributed by atoms with Crippen LogP contribution < -0.4 is 10.0 Å². The standard InChI is InChI=1S/C12H22N4O3S/c1-13-5-3-6-16-9-12(8-14-16)20(17,18)15-11-4-2-7-19-10-11/h8-9,11,13,15H,2-7,10H2,1H3. The third kappa shape index (κ3) is 4.27. The minimum atomic E-state index is -3.50. The van der Waals surface area contributed by atoms with Gasteiger partial charge in [0.25, 0.3) is 0 Å². The molecule has 1 unspecified atom stereocenters. The van der Waals surface area contributed by atoms with E-state index < -0.39 is 10.0 Å². The summed E-state index contributed by atoms with van der Waals surface area (Å²) in [6.07, 6.45) is 5.57. The Bertz CT molecular complexity index is 509. The van der Waals surface area contributed by atoms with Crippen LogP contribution in [0, 0.1) is 0 Å². The molecule has 1 aromatic rings. The molecule has 0 radical (unpaired) electrons. The second-order valence-corrected chi connectivity index (χ2v) is 6.65. The lowest BCUT2D eigenvalue weighted by molar-refractivity contribution is 0.0774. The number of hydrogen-bond donors (Lipinski definition) is 2. The Balaban J connectivity index is 1.94. The Morgan fingerprint density at radius 3 is 3.10 bits per heavy atom. The van der Waals surface area contributed by atoms with E-state index >= 15 is 0 Å². The van der Waals surface area contributed by atoms with Gasteiger partial charge in [0.1, 0.15) is 4.90 Å². The second kappa shape index (κ2) is 7.16. The van der Waals surface area contributed by atoms with E-state index in [0.29, 0.717) is 19.8 Å². The van der Waals surface area contributed by atoms with E-state index in [1.165, 1.54) is 6.20 Å². The first-order valence-corrected chi connectivity index (χ1v) is 8.37. The fraction of sp³-hybridized carbons (Fsp3) is 0.750. The number of nitrogens with one attached hydrogen (secondary N) is 2. The van der Waals surface area contributed by atoms with Crippen LogP contribution in [0.2, 0.25) is 0 Å². The van der Waals surface area contributed by atoms with Crippen molar-refractivity contribution in [3.05, 3.63) is 12.4 Å². The summed E-state index contributed by atoms with van der Waals surface area (Å²) in [7, 11) is -1.61. The number of hydrogen-bond acceptors (Lipinski definition) is 5. The van der Waals surface area contributed by atoms with E-state index in [2.05, 4.69) is 15.1 Å². The van der Waals surface area contributed by atoms with Crippen LogP contribution in [-0.4, -0.2) is 51.0 Å². The number of rotatable bonds is 7. The van der Waals surface area contributed by atoms with Crippen LogP contribution in [0.1, 0.15) is 19.3 Å². The molecular formula is C12H22N4O3S. The number of ether oxygens (including phenoxy) is 1. The predicted molar refractivity (Wildman–Crippen MR) is 74.9 cm³/mol. The van der Waals surface area contributed by atoms with Crippen molar-refractivity contribution in [2.24, 2.45) is 0 Å². The van der Waals surface area contributed by atoms with Crippen molar-refractivity contribution in [2.75, 3.05) is 26.8 Å². The highest BCUT2D eigenvalue weighted by Crippen LogP contribution is 2.12. The van der Waals surface area contributed by atoms with Gasteiger partial charge >= 0.3 is 0 Å². The van der Waals surface area contributed by atoms with Gasteiger partial charge in [0.05, 0.1) is 12.8 Å². The topological polar surface area (TPSA) is 85.2 Å². The summed E-state index contributed by atoms with van der Waals surface area (Å²) in [5.74, 6) is 0. The molecule has 0 bridgehead atoms. The van der Waals surface area contributed by atoms with Crippen LogP contribution in [-0.2, 0) is 21.3 Å². The van der Waals surface area contributed by atoms with Gasteiger partial charge in [-0.2, -0.15) is 5.10 Å². The van der Waals surface area contributed by atoms with E-state index in [9.17, 15) is 8.42 Å². The largest absolute Gasteiger partial charge is 0.380 e. The monoisotopic (exact) mass is 302 g/mol. The van der Waals surface area contributed by atoms with Crippen molar-refractivity contribution >= 4 is 10.0 Å². The van der Waals surface area contributed by atoms with E-state index in [0.717, 1.165) is 25.8 Å². The number of aryl methyl sites for hydroxylation is 1. The third-order valence-electron chi connectivity index (χ3n) is 3.22. The number of aromatic nitrogens is 2. The Morgan fingerprint density at radius 1 is 1.55 bits per heavy atom. The molecule has 1 atom stereocenters. The maximum atomic E-state index is 12.2. The quantitative estimate of drug-likeness (QED) is 0.690. The molecule has 2 heterocycles. The zero-order valence-corrected chi connectivity index (χ0v) is 12.5. The van der Waals surface area contributed by atoms with Gasteiger partial charge in [0.2, 0.25) is 10.0 Å². The number of nitrogens with zero attached hydrogens (tertiary/aromatic N) is 2. The Labute approximate surface area is 119 Å². The minimum Gasteiger partial charge on any atom is -0.380 e. The summed E-state index contributed by atoms with van der Waals surface area (Å²) in [5, 5.41) is 7.13. The van der Waals surface area contributed by atoms with Crippen LogP contribution in [0.15, 0.2) is 17.3 Å². The molecule has 1 aromatic heterocycles. The first-order chi connectivity index (χ1) is 9.62. The smallest absolute Gasteiger partial charge is 0.244 e. The molecule has 0 spiro atoms. The van der Waals surface area contributed by atoms with E-state index in [1.807, 2.05) is 7.05 Å². The van der Waals surface area contributed by atoms with Gasteiger partial charge < -0.3 is 10.1 Å². The third-order valence-corrected chi connectivity index (χ3v) is 4.69. The van der Waals surface area contributed by atoms with Crippen LogP contribution in [0.5, 0.6) is 0 Å². The van der Waals surface area contributed by atoms with Crippen molar-refractivity contribution in [1.29, 1.82) is 0 Å². The molecule has 0 aliphatic carbocycles. The van der Waals surface area contributed by atoms with Crippen molar-refractivity contribution < 1.29 is 13.2 Å². The molecule has 0 aromatic carbocycles. The molecule has 8 heteroatoms. The molecule has 1 fully saturated rings. The fourth-order valence-corrected chi connectivity index (χ4v) is 3.35. The van der Waals surface area contributed by atoms with Crippen molar-refractivity contribution in [3.8, 4) is 0 Å². The lowest BCUT2D eigenvalue weighted by Gasteiger charge is -2.22. The van der Waals surface area contributed by atoms with Crippen molar-refractivity contribution in [2.45, 2.75) is 36.7 Å². The first-order valence-electron chi connectivity index (χ1n) is 6.89. The predicted octanol–water partition coefficient (Wildman–Crippen LogP) is -0.0501. The lowest BCUT2D eigenvalue weighted by Crippen LogP contribution is -2.40. The average molecular weight is 302 g/mol. The Kier molecular flexibility index (Phi) is 5.53. The zero-order valence-electron chi connectivity index (χ0n) is 11.7. The molecule has 1 aliphatic heterocycles. The van der Waals surface area contributed by atoms with Crippen molar-refractivity contribution in [1.82, 2.24) is 19.8 Å². The lowest BCUT2D eigenvalue weighted by atomic mass is 10.1. The van der Waals surface area contributed by atoms with E-state index in [-0.39, 0.29) is 10.9 Å². The summed E-state index contributed by atoms with van der Waals surface area (Å²) in [4.78, 5) is 0.215. The summed E-state index contributed by atoms with van der Waals surface area (Å²) in [6.45, 7) is 2.72. The highest BCUT2D eigenvalue weighted by atomic mass is 32.2. The Morgan fingerprint density at radius 2 is 2.40 bits per heavy atom. The maximum Gasteiger partial charge on any atom is 0.244 e. The van der Waals surface area contributed by atoms with Gasteiger partial charge in [0, 0.05) is 25.4 Å². The maximum absolute atomic E-state index is 12.2. The molecule has 1 saturated heterocycles. The van der Waals surface area contributed by atoms with Crippen LogP contribution >= 0.6 is 0 Å². The highest BCUT2D eigenvalue weighted by molar-refractivity contribution is 7.89. The molecule has 7 nitrogen and oxygen atoms in total. The molecule has 1 aliphatic rings. The Hall–Kier alpha value is -0.960. The van der Waals surface area contributed by atoms with Gasteiger partial charge in [-0.05, 0) is 32.9 Å². The van der Waals surface area contributed by atoms with Gasteiger partial charge in [-0.25, -0.2) is 13.1 Å². The highest BCUT2D eigenvalue weighted by Gasteiger charge is 2.23. The number of sulfonamides is 1. The van der Waals surface area contributed by atoms with Gasteiger partial charge in [0.15, 0.2) is 0 Å². The van der Waals surface area contributed by atoms with Gasteiger partial charge in [-0.15, -0.1) is 0 Å². The van der Waals surface area contributed by atoms with Crippen LogP contribution in [0.3, 0.4) is 0 Å². The summed E-state index contributed by atoms with van der Waals surface area (Å²) in [5.41, 5.74) is 0. The van der Waals surface area contributed by atoms with Crippen LogP contribution in [0.25, 0.3) is 0 Å². The molecular weight excluding hydrogens is 280 g/mol. The van der Waals surface area contributed by atoms with E-state index in [4.69, 9.17) is 4.74 Å². The minimum absolute atomic E-state index is 0.138. The molecule has 114 valence electrons. The molecule has 20 heavy (non-hydrogen) atoms. The normalized spacial score (nSPS) is 20.1. The molecule has 0 amide bonds. The van der Waals surface area contributed by atoms with Crippen molar-refractivity contribution in [3.63, 3.8) is 0 Å². The van der Waals surface area contributed by atoms with E-state index in [1.54, 1.807) is 10.9 Å². The summed E-state index contributed by atoms with van der Waals surface area (Å²) < 4.78 is 34.0. The molecule has 2 N–H and O–H groups in total. The molecule has 0 saturated carbocycles. The van der Waals surface area contributed by atoms with Gasteiger partial charge in [-0.1, -0.05) is 0 Å². The summed E-state index contributed by atoms with van der Waals surface area (Å²) in [6, 6.07) is -0.138. The SMILES string of the molecule is CNCCCn1cc(S(=O)(=O)NC2CCCOC2)cn1. The first kappa shape index (κ1) is 15.4. The molecule has 2 rings (SSSR count). The fourth-order valence-electron chi connectivity index (χ4n) is 2.14. The summed E-state index contributed by atoms with van der Waals surface area (Å²) >= 11 is 0. The second-order valence-electron chi connectivity index (χ2n) is 4.93. The van der Waals surface area contributed by atoms with Gasteiger partial charge in [-0.3, -0.25) is 4.68 Å². The average Bonchev–Trinajstić information content (AvgIpc) is 2.89. The van der Waals surface area contributed by atoms with Crippen LogP contribution in [0.4, 0.5) is 0 Å².